The van der Waals surface area contributed by atoms with Gasteiger partial charge in [0, 0.05) is 11.7 Å². The van der Waals surface area contributed by atoms with Crippen LogP contribution < -0.4 is 10.6 Å². The Balaban J connectivity index is 2.16. The van der Waals surface area contributed by atoms with Crippen LogP contribution in [-0.2, 0) is 4.79 Å². The van der Waals surface area contributed by atoms with Crippen LogP contribution in [0.5, 0.6) is 0 Å². The van der Waals surface area contributed by atoms with Gasteiger partial charge >= 0.3 is 0 Å². The zero-order valence-electron chi connectivity index (χ0n) is 12.3. The number of hydrogen-bond donors (Lipinski definition) is 2. The van der Waals surface area contributed by atoms with Crippen LogP contribution in [0.15, 0.2) is 30.3 Å². The van der Waals surface area contributed by atoms with Gasteiger partial charge in [0.15, 0.2) is 0 Å². The van der Waals surface area contributed by atoms with E-state index in [9.17, 15) is 4.79 Å². The Labute approximate surface area is 116 Å². The van der Waals surface area contributed by atoms with Crippen LogP contribution in [0.4, 0.5) is 5.69 Å². The van der Waals surface area contributed by atoms with E-state index in [1.165, 1.54) is 12.8 Å². The van der Waals surface area contributed by atoms with Gasteiger partial charge in [-0.15, -0.1) is 0 Å². The Kier molecular flexibility index (Phi) is 7.19. The van der Waals surface area contributed by atoms with E-state index >= 15 is 0 Å². The highest BCUT2D eigenvalue weighted by Gasteiger charge is 2.06. The molecule has 106 valence electrons. The molecule has 0 heterocycles. The van der Waals surface area contributed by atoms with Crippen LogP contribution in [0.2, 0.25) is 0 Å². The summed E-state index contributed by atoms with van der Waals surface area (Å²) in [4.78, 5) is 11.7. The highest BCUT2D eigenvalue weighted by Crippen LogP contribution is 2.08. The quantitative estimate of drug-likeness (QED) is 0.753. The van der Waals surface area contributed by atoms with Gasteiger partial charge in [-0.2, -0.15) is 0 Å². The topological polar surface area (TPSA) is 41.1 Å². The maximum absolute atomic E-state index is 11.7. The molecule has 0 aromatic heterocycles. The Bertz CT molecular complexity index is 362. The molecule has 1 aromatic rings. The molecule has 1 amide bonds. The predicted molar refractivity (Wildman–Crippen MR) is 81.2 cm³/mol. The number of benzene rings is 1. The summed E-state index contributed by atoms with van der Waals surface area (Å²) in [6.45, 7) is 6.99. The summed E-state index contributed by atoms with van der Waals surface area (Å²) in [5, 5.41) is 6.13. The average molecular weight is 262 g/mol. The number of carbonyl (C=O) groups excluding carboxylic acids is 1. The second-order valence-corrected chi connectivity index (χ2v) is 5.52. The van der Waals surface area contributed by atoms with Crippen molar-refractivity contribution in [3.63, 3.8) is 0 Å². The van der Waals surface area contributed by atoms with E-state index in [1.54, 1.807) is 0 Å². The van der Waals surface area contributed by atoms with Gasteiger partial charge in [0.1, 0.15) is 0 Å². The first kappa shape index (κ1) is 15.7. The lowest BCUT2D eigenvalue weighted by atomic mass is 10.0. The zero-order valence-corrected chi connectivity index (χ0v) is 12.3. The van der Waals surface area contributed by atoms with Crippen LogP contribution in [0.1, 0.15) is 40.0 Å². The van der Waals surface area contributed by atoms with Crippen molar-refractivity contribution in [2.45, 2.75) is 46.1 Å². The normalized spacial score (nSPS) is 12.4. The lowest BCUT2D eigenvalue weighted by Crippen LogP contribution is -2.34. The van der Waals surface area contributed by atoms with Gasteiger partial charge < -0.3 is 10.6 Å². The molecule has 3 heteroatoms. The van der Waals surface area contributed by atoms with Crippen LogP contribution in [0, 0.1) is 5.92 Å². The molecule has 1 rings (SSSR count). The third kappa shape index (κ3) is 7.62. The molecule has 0 saturated carbocycles. The third-order valence-corrected chi connectivity index (χ3v) is 3.09. The van der Waals surface area contributed by atoms with E-state index in [4.69, 9.17) is 0 Å². The molecular weight excluding hydrogens is 236 g/mol. The summed E-state index contributed by atoms with van der Waals surface area (Å²) < 4.78 is 0. The Morgan fingerprint density at radius 3 is 2.42 bits per heavy atom. The highest BCUT2D eigenvalue weighted by atomic mass is 16.1. The molecule has 0 spiro atoms. The van der Waals surface area contributed by atoms with Gasteiger partial charge in [-0.1, -0.05) is 44.9 Å². The first-order valence-corrected chi connectivity index (χ1v) is 7.16. The third-order valence-electron chi connectivity index (χ3n) is 3.09. The Morgan fingerprint density at radius 2 is 1.79 bits per heavy atom. The van der Waals surface area contributed by atoms with Gasteiger partial charge in [0.25, 0.3) is 0 Å². The lowest BCUT2D eigenvalue weighted by Gasteiger charge is -2.14. The van der Waals surface area contributed by atoms with E-state index in [2.05, 4.69) is 31.4 Å². The zero-order chi connectivity index (χ0) is 14.1. The lowest BCUT2D eigenvalue weighted by molar-refractivity contribution is -0.115. The average Bonchev–Trinajstić information content (AvgIpc) is 2.37. The second kappa shape index (κ2) is 8.70. The van der Waals surface area contributed by atoms with Crippen molar-refractivity contribution < 1.29 is 4.79 Å². The fraction of sp³-hybridized carbons (Fsp3) is 0.562. The number of hydrogen-bond acceptors (Lipinski definition) is 2. The molecule has 0 bridgehead atoms. The van der Waals surface area contributed by atoms with E-state index < -0.39 is 0 Å². The van der Waals surface area contributed by atoms with Crippen molar-refractivity contribution in [3.05, 3.63) is 30.3 Å². The Morgan fingerprint density at radius 1 is 1.11 bits per heavy atom. The Hall–Kier alpha value is -1.35. The van der Waals surface area contributed by atoms with Gasteiger partial charge in [-0.05, 0) is 31.4 Å². The van der Waals surface area contributed by atoms with Crippen LogP contribution >= 0.6 is 0 Å². The number of para-hydroxylation sites is 1. The number of carbonyl (C=O) groups is 1. The standard InChI is InChI=1S/C16H26N2O/c1-13(2)8-7-9-14(3)17-12-16(19)18-15-10-5-4-6-11-15/h4-6,10-11,13-14,17H,7-9,12H2,1-3H3,(H,18,19). The first-order chi connectivity index (χ1) is 9.08. The number of nitrogens with one attached hydrogen (secondary N) is 2. The summed E-state index contributed by atoms with van der Waals surface area (Å²) in [6, 6.07) is 9.94. The van der Waals surface area contributed by atoms with E-state index in [0.29, 0.717) is 12.6 Å². The van der Waals surface area contributed by atoms with E-state index in [-0.39, 0.29) is 5.91 Å². The molecule has 0 saturated heterocycles. The summed E-state index contributed by atoms with van der Waals surface area (Å²) in [5.41, 5.74) is 0.849. The van der Waals surface area contributed by atoms with E-state index in [0.717, 1.165) is 18.0 Å². The van der Waals surface area contributed by atoms with Gasteiger partial charge in [-0.3, -0.25) is 4.79 Å². The van der Waals surface area contributed by atoms with Crippen LogP contribution in [0.3, 0.4) is 0 Å². The number of amides is 1. The smallest absolute Gasteiger partial charge is 0.238 e. The molecule has 0 aliphatic carbocycles. The number of anilines is 1. The molecule has 19 heavy (non-hydrogen) atoms. The van der Waals surface area contributed by atoms with Crippen molar-refractivity contribution in [2.24, 2.45) is 5.92 Å². The highest BCUT2D eigenvalue weighted by molar-refractivity contribution is 5.92. The van der Waals surface area contributed by atoms with Crippen molar-refractivity contribution in [2.75, 3.05) is 11.9 Å². The van der Waals surface area contributed by atoms with Crippen molar-refractivity contribution >= 4 is 11.6 Å². The molecule has 2 N–H and O–H groups in total. The van der Waals surface area contributed by atoms with Crippen molar-refractivity contribution in [1.82, 2.24) is 5.32 Å². The van der Waals surface area contributed by atoms with Crippen molar-refractivity contribution in [3.8, 4) is 0 Å². The largest absolute Gasteiger partial charge is 0.325 e. The molecule has 3 nitrogen and oxygen atoms in total. The fourth-order valence-electron chi connectivity index (χ4n) is 1.93. The maximum atomic E-state index is 11.7. The molecule has 1 unspecified atom stereocenters. The maximum Gasteiger partial charge on any atom is 0.238 e. The summed E-state index contributed by atoms with van der Waals surface area (Å²) in [6.07, 6.45) is 3.59. The summed E-state index contributed by atoms with van der Waals surface area (Å²) >= 11 is 0. The molecule has 0 aliphatic heterocycles. The summed E-state index contributed by atoms with van der Waals surface area (Å²) in [7, 11) is 0. The minimum atomic E-state index is 0.0157. The molecule has 0 fully saturated rings. The molecule has 1 atom stereocenters. The van der Waals surface area contributed by atoms with Gasteiger partial charge in [0.2, 0.25) is 5.91 Å². The van der Waals surface area contributed by atoms with Crippen LogP contribution in [0.25, 0.3) is 0 Å². The molecule has 0 radical (unpaired) electrons. The minimum Gasteiger partial charge on any atom is -0.325 e. The minimum absolute atomic E-state index is 0.0157. The molecule has 1 aromatic carbocycles. The van der Waals surface area contributed by atoms with Gasteiger partial charge in [0.05, 0.1) is 6.54 Å². The predicted octanol–water partition coefficient (Wildman–Crippen LogP) is 3.43. The first-order valence-electron chi connectivity index (χ1n) is 7.16. The second-order valence-electron chi connectivity index (χ2n) is 5.52. The van der Waals surface area contributed by atoms with Gasteiger partial charge in [-0.25, -0.2) is 0 Å². The number of rotatable bonds is 8. The SMILES string of the molecule is CC(C)CCCC(C)NCC(=O)Nc1ccccc1. The molecule has 0 aliphatic rings. The summed E-state index contributed by atoms with van der Waals surface area (Å²) in [5.74, 6) is 0.774. The monoisotopic (exact) mass is 262 g/mol. The van der Waals surface area contributed by atoms with Crippen LogP contribution in [-0.4, -0.2) is 18.5 Å². The fourth-order valence-corrected chi connectivity index (χ4v) is 1.93. The molecular formula is C16H26N2O. The van der Waals surface area contributed by atoms with E-state index in [1.807, 2.05) is 30.3 Å². The van der Waals surface area contributed by atoms with Crippen molar-refractivity contribution in [1.29, 1.82) is 0 Å².